The molecule has 0 heterocycles. The van der Waals surface area contributed by atoms with Gasteiger partial charge in [-0.1, -0.05) is 63.9 Å². The van der Waals surface area contributed by atoms with E-state index in [1.54, 1.807) is 0 Å². The molecule has 0 radical (unpaired) electrons. The van der Waals surface area contributed by atoms with E-state index in [4.69, 9.17) is 0 Å². The van der Waals surface area contributed by atoms with Crippen molar-refractivity contribution in [2.75, 3.05) is 0 Å². The van der Waals surface area contributed by atoms with Crippen LogP contribution in [0.15, 0.2) is 30.3 Å². The Hall–Kier alpha value is -1.11. The highest BCUT2D eigenvalue weighted by Gasteiger charge is 2.20. The number of carbonyl (C=O) groups excluding carboxylic acids is 1. The fourth-order valence-corrected chi connectivity index (χ4v) is 2.33. The topological polar surface area (TPSA) is 17.1 Å². The minimum Gasteiger partial charge on any atom is -0.299 e. The van der Waals surface area contributed by atoms with Crippen LogP contribution in [0, 0.1) is 5.92 Å². The second-order valence-corrected chi connectivity index (χ2v) is 5.52. The molecule has 0 aliphatic rings. The van der Waals surface area contributed by atoms with E-state index in [0.29, 0.717) is 11.7 Å². The van der Waals surface area contributed by atoms with E-state index >= 15 is 0 Å². The summed E-state index contributed by atoms with van der Waals surface area (Å²) in [4.78, 5) is 12.4. The Morgan fingerprint density at radius 1 is 1.11 bits per heavy atom. The van der Waals surface area contributed by atoms with Gasteiger partial charge in [-0.2, -0.15) is 0 Å². The lowest BCUT2D eigenvalue weighted by Crippen LogP contribution is -2.14. The standard InChI is InChI=1S/C17H26O/c1-4-5-7-12-17(18)16(13-14(2)3)15-10-8-6-9-11-15/h6,8-11,14,16H,4-5,7,12-13H2,1-3H3. The first kappa shape index (κ1) is 14.9. The normalized spacial score (nSPS) is 12.7. The van der Waals surface area contributed by atoms with E-state index in [0.717, 1.165) is 25.7 Å². The summed E-state index contributed by atoms with van der Waals surface area (Å²) >= 11 is 0. The lowest BCUT2D eigenvalue weighted by atomic mass is 9.85. The van der Waals surface area contributed by atoms with Gasteiger partial charge in [-0.15, -0.1) is 0 Å². The van der Waals surface area contributed by atoms with Crippen molar-refractivity contribution in [3.8, 4) is 0 Å². The Morgan fingerprint density at radius 3 is 2.33 bits per heavy atom. The number of ketones is 1. The quantitative estimate of drug-likeness (QED) is 0.592. The molecule has 0 amide bonds. The van der Waals surface area contributed by atoms with Gasteiger partial charge in [0.05, 0.1) is 0 Å². The number of rotatable bonds is 8. The summed E-state index contributed by atoms with van der Waals surface area (Å²) in [6.45, 7) is 6.55. The smallest absolute Gasteiger partial charge is 0.140 e. The van der Waals surface area contributed by atoms with E-state index in [1.165, 1.54) is 12.0 Å². The summed E-state index contributed by atoms with van der Waals surface area (Å²) in [5, 5.41) is 0. The second kappa shape index (κ2) is 8.07. The van der Waals surface area contributed by atoms with Crippen molar-refractivity contribution in [1.82, 2.24) is 0 Å². The van der Waals surface area contributed by atoms with Gasteiger partial charge in [0.2, 0.25) is 0 Å². The summed E-state index contributed by atoms with van der Waals surface area (Å²) in [7, 11) is 0. The molecular formula is C17H26O. The SMILES string of the molecule is CCCCCC(=O)C(CC(C)C)c1ccccc1. The summed E-state index contributed by atoms with van der Waals surface area (Å²) in [6, 6.07) is 10.2. The molecular weight excluding hydrogens is 220 g/mol. The van der Waals surface area contributed by atoms with E-state index in [9.17, 15) is 4.79 Å². The summed E-state index contributed by atoms with van der Waals surface area (Å²) < 4.78 is 0. The Labute approximate surface area is 112 Å². The van der Waals surface area contributed by atoms with Crippen LogP contribution in [0.2, 0.25) is 0 Å². The van der Waals surface area contributed by atoms with Gasteiger partial charge in [0.25, 0.3) is 0 Å². The monoisotopic (exact) mass is 246 g/mol. The molecule has 1 aromatic rings. The highest BCUT2D eigenvalue weighted by Crippen LogP contribution is 2.26. The third-order valence-corrected chi connectivity index (χ3v) is 3.32. The molecule has 0 N–H and O–H groups in total. The van der Waals surface area contributed by atoms with Crippen LogP contribution >= 0.6 is 0 Å². The highest BCUT2D eigenvalue weighted by atomic mass is 16.1. The first-order valence-corrected chi connectivity index (χ1v) is 7.22. The first-order chi connectivity index (χ1) is 8.65. The minimum atomic E-state index is 0.100. The van der Waals surface area contributed by atoms with Gasteiger partial charge in [0.1, 0.15) is 5.78 Å². The molecule has 1 rings (SSSR count). The van der Waals surface area contributed by atoms with Gasteiger partial charge < -0.3 is 0 Å². The number of carbonyl (C=O) groups is 1. The first-order valence-electron chi connectivity index (χ1n) is 7.22. The average molecular weight is 246 g/mol. The molecule has 1 atom stereocenters. The number of Topliss-reactive ketones (excluding diaryl/α,β-unsaturated/α-hetero) is 1. The highest BCUT2D eigenvalue weighted by molar-refractivity contribution is 5.85. The molecule has 0 saturated heterocycles. The maximum atomic E-state index is 12.4. The molecule has 0 fully saturated rings. The summed E-state index contributed by atoms with van der Waals surface area (Å²) in [5.41, 5.74) is 1.19. The van der Waals surface area contributed by atoms with E-state index in [2.05, 4.69) is 32.9 Å². The van der Waals surface area contributed by atoms with Crippen molar-refractivity contribution in [2.45, 2.75) is 58.8 Å². The molecule has 0 spiro atoms. The van der Waals surface area contributed by atoms with Crippen molar-refractivity contribution in [1.29, 1.82) is 0 Å². The van der Waals surface area contributed by atoms with Crippen LogP contribution < -0.4 is 0 Å². The van der Waals surface area contributed by atoms with Crippen molar-refractivity contribution in [3.63, 3.8) is 0 Å². The molecule has 0 bridgehead atoms. The molecule has 0 saturated carbocycles. The largest absolute Gasteiger partial charge is 0.299 e. The molecule has 1 unspecified atom stereocenters. The number of benzene rings is 1. The van der Waals surface area contributed by atoms with E-state index in [1.807, 2.05) is 18.2 Å². The molecule has 1 heteroatoms. The van der Waals surface area contributed by atoms with Gasteiger partial charge >= 0.3 is 0 Å². The zero-order valence-corrected chi connectivity index (χ0v) is 12.0. The predicted molar refractivity (Wildman–Crippen MR) is 77.8 cm³/mol. The lowest BCUT2D eigenvalue weighted by Gasteiger charge is -2.18. The van der Waals surface area contributed by atoms with Crippen molar-refractivity contribution in [2.24, 2.45) is 5.92 Å². The minimum absolute atomic E-state index is 0.100. The number of hydrogen-bond donors (Lipinski definition) is 0. The Bertz CT molecular complexity index is 340. The Balaban J connectivity index is 2.69. The van der Waals surface area contributed by atoms with E-state index in [-0.39, 0.29) is 5.92 Å². The third kappa shape index (κ3) is 5.03. The van der Waals surface area contributed by atoms with Gasteiger partial charge in [0, 0.05) is 12.3 Å². The van der Waals surface area contributed by atoms with Gasteiger partial charge in [-0.05, 0) is 24.3 Å². The summed E-state index contributed by atoms with van der Waals surface area (Å²) in [5.74, 6) is 1.08. The van der Waals surface area contributed by atoms with Crippen LogP contribution in [0.4, 0.5) is 0 Å². The van der Waals surface area contributed by atoms with Crippen molar-refractivity contribution >= 4 is 5.78 Å². The van der Waals surface area contributed by atoms with Crippen LogP contribution in [0.25, 0.3) is 0 Å². The summed E-state index contributed by atoms with van der Waals surface area (Å²) in [6.07, 6.45) is 5.08. The molecule has 100 valence electrons. The fourth-order valence-electron chi connectivity index (χ4n) is 2.33. The Kier molecular flexibility index (Phi) is 6.70. The predicted octanol–water partition coefficient (Wildman–Crippen LogP) is 4.97. The lowest BCUT2D eigenvalue weighted by molar-refractivity contribution is -0.121. The molecule has 0 aliphatic heterocycles. The fraction of sp³-hybridized carbons (Fsp3) is 0.588. The second-order valence-electron chi connectivity index (χ2n) is 5.52. The van der Waals surface area contributed by atoms with Crippen LogP contribution in [-0.2, 0) is 4.79 Å². The average Bonchev–Trinajstić information content (AvgIpc) is 2.37. The Morgan fingerprint density at radius 2 is 1.78 bits per heavy atom. The maximum Gasteiger partial charge on any atom is 0.140 e. The molecule has 0 aliphatic carbocycles. The van der Waals surface area contributed by atoms with Crippen LogP contribution in [0.1, 0.15) is 64.4 Å². The molecule has 1 aromatic carbocycles. The van der Waals surface area contributed by atoms with Crippen LogP contribution in [0.5, 0.6) is 0 Å². The third-order valence-electron chi connectivity index (χ3n) is 3.32. The van der Waals surface area contributed by atoms with Gasteiger partial charge in [-0.3, -0.25) is 4.79 Å². The number of unbranched alkanes of at least 4 members (excludes halogenated alkanes) is 2. The van der Waals surface area contributed by atoms with Crippen molar-refractivity contribution < 1.29 is 4.79 Å². The maximum absolute atomic E-state index is 12.4. The van der Waals surface area contributed by atoms with Crippen LogP contribution in [-0.4, -0.2) is 5.78 Å². The van der Waals surface area contributed by atoms with Gasteiger partial charge in [0.15, 0.2) is 0 Å². The molecule has 1 nitrogen and oxygen atoms in total. The zero-order chi connectivity index (χ0) is 13.4. The molecule has 0 aromatic heterocycles. The number of hydrogen-bond acceptors (Lipinski definition) is 1. The van der Waals surface area contributed by atoms with E-state index < -0.39 is 0 Å². The zero-order valence-electron chi connectivity index (χ0n) is 12.0. The van der Waals surface area contributed by atoms with Crippen molar-refractivity contribution in [3.05, 3.63) is 35.9 Å². The van der Waals surface area contributed by atoms with Gasteiger partial charge in [-0.25, -0.2) is 0 Å². The molecule has 18 heavy (non-hydrogen) atoms. The van der Waals surface area contributed by atoms with Crippen LogP contribution in [0.3, 0.4) is 0 Å².